The zero-order valence-electron chi connectivity index (χ0n) is 16.2. The molecule has 1 aromatic carbocycles. The summed E-state index contributed by atoms with van der Waals surface area (Å²) in [5.41, 5.74) is 0.354. The van der Waals surface area contributed by atoms with Crippen LogP contribution in [-0.2, 0) is 4.79 Å². The van der Waals surface area contributed by atoms with E-state index in [2.05, 4.69) is 11.4 Å². The van der Waals surface area contributed by atoms with Crippen LogP contribution < -0.4 is 5.32 Å². The number of carbonyl (C=O) groups excluding carboxylic acids is 1. The molecule has 1 amide bonds. The molecule has 1 aromatic rings. The second kappa shape index (κ2) is 8.98. The smallest absolute Gasteiger partial charge is 0.239 e. The van der Waals surface area contributed by atoms with Crippen molar-refractivity contribution in [2.24, 2.45) is 5.92 Å². The summed E-state index contributed by atoms with van der Waals surface area (Å²) in [7, 11) is 0. The highest BCUT2D eigenvalue weighted by atomic mass is 16.3. The number of hydrogen-bond donors (Lipinski definition) is 2. The summed E-state index contributed by atoms with van der Waals surface area (Å²) in [5, 5.41) is 23.0. The minimum Gasteiger partial charge on any atom is -0.388 e. The van der Waals surface area contributed by atoms with Crippen molar-refractivity contribution in [3.8, 4) is 6.07 Å². The molecule has 2 N–H and O–H groups in total. The molecule has 0 aromatic heterocycles. The number of carbonyl (C=O) groups is 1. The summed E-state index contributed by atoms with van der Waals surface area (Å²) in [6.45, 7) is 12.7. The number of likely N-dealkylation sites (N-methyl/N-ethyl adjacent to an activating group) is 1. The van der Waals surface area contributed by atoms with Crippen LogP contribution in [0.15, 0.2) is 24.3 Å². The van der Waals surface area contributed by atoms with Gasteiger partial charge in [-0.2, -0.15) is 5.26 Å². The van der Waals surface area contributed by atoms with Crippen molar-refractivity contribution in [2.45, 2.75) is 59.2 Å². The summed E-state index contributed by atoms with van der Waals surface area (Å²) in [6.07, 6.45) is 0. The molecule has 0 saturated carbocycles. The Hall–Kier alpha value is -1.90. The third-order valence-electron chi connectivity index (χ3n) is 4.43. The third kappa shape index (κ3) is 5.55. The van der Waals surface area contributed by atoms with Crippen molar-refractivity contribution in [3.63, 3.8) is 0 Å². The molecule has 0 spiro atoms. The highest BCUT2D eigenvalue weighted by molar-refractivity contribution is 5.82. The summed E-state index contributed by atoms with van der Waals surface area (Å²) in [4.78, 5) is 14.7. The molecule has 138 valence electrons. The van der Waals surface area contributed by atoms with E-state index in [9.17, 15) is 9.90 Å². The van der Waals surface area contributed by atoms with Gasteiger partial charge in [0.25, 0.3) is 0 Å². The molecule has 1 rings (SSSR count). The van der Waals surface area contributed by atoms with E-state index in [0.29, 0.717) is 18.7 Å². The Morgan fingerprint density at radius 2 is 1.76 bits per heavy atom. The van der Waals surface area contributed by atoms with Crippen molar-refractivity contribution in [3.05, 3.63) is 35.4 Å². The standard InChI is InChI=1S/C20H31N3O2/c1-7-23(8-2)19(24)17(14(3)4)22-18(20(5,6)25)16-11-9-15(13-21)10-12-16/h9-12,14,17-18,22,25H,7-8H2,1-6H3/t17-,18+/m0/s1. The Labute approximate surface area is 151 Å². The Balaban J connectivity index is 3.17. The van der Waals surface area contributed by atoms with Crippen molar-refractivity contribution in [1.82, 2.24) is 10.2 Å². The largest absolute Gasteiger partial charge is 0.388 e. The number of hydrogen-bond acceptors (Lipinski definition) is 4. The number of amides is 1. The molecule has 0 aliphatic rings. The average Bonchev–Trinajstić information content (AvgIpc) is 2.55. The Morgan fingerprint density at radius 3 is 2.12 bits per heavy atom. The van der Waals surface area contributed by atoms with Crippen LogP contribution in [0.3, 0.4) is 0 Å². The fourth-order valence-corrected chi connectivity index (χ4v) is 2.92. The number of nitriles is 1. The summed E-state index contributed by atoms with van der Waals surface area (Å²) in [5.74, 6) is 0.124. The molecular formula is C20H31N3O2. The van der Waals surface area contributed by atoms with Crippen molar-refractivity contribution in [1.29, 1.82) is 5.26 Å². The number of rotatable bonds is 8. The van der Waals surface area contributed by atoms with Gasteiger partial charge in [-0.3, -0.25) is 10.1 Å². The molecule has 0 radical (unpaired) electrons. The van der Waals surface area contributed by atoms with E-state index in [1.807, 2.05) is 39.8 Å². The zero-order chi connectivity index (χ0) is 19.2. The number of nitrogens with one attached hydrogen (secondary N) is 1. The number of aliphatic hydroxyl groups is 1. The zero-order valence-corrected chi connectivity index (χ0v) is 16.2. The van der Waals surface area contributed by atoms with Crippen LogP contribution >= 0.6 is 0 Å². The first-order valence-corrected chi connectivity index (χ1v) is 8.92. The Bertz CT molecular complexity index is 593. The Morgan fingerprint density at radius 1 is 1.24 bits per heavy atom. The van der Waals surface area contributed by atoms with Gasteiger partial charge in [-0.15, -0.1) is 0 Å². The highest BCUT2D eigenvalue weighted by Crippen LogP contribution is 2.27. The first kappa shape index (κ1) is 21.1. The van der Waals surface area contributed by atoms with Gasteiger partial charge in [0.2, 0.25) is 5.91 Å². The van der Waals surface area contributed by atoms with Crippen molar-refractivity contribution in [2.75, 3.05) is 13.1 Å². The predicted molar refractivity (Wildman–Crippen MR) is 99.9 cm³/mol. The normalized spacial score (nSPS) is 14.0. The van der Waals surface area contributed by atoms with E-state index in [1.165, 1.54) is 0 Å². The van der Waals surface area contributed by atoms with Gasteiger partial charge < -0.3 is 10.0 Å². The lowest BCUT2D eigenvalue weighted by Crippen LogP contribution is -2.53. The first-order valence-electron chi connectivity index (χ1n) is 8.92. The quantitative estimate of drug-likeness (QED) is 0.759. The van der Waals surface area contributed by atoms with Gasteiger partial charge in [-0.05, 0) is 51.3 Å². The molecule has 0 aliphatic heterocycles. The van der Waals surface area contributed by atoms with E-state index in [1.54, 1.807) is 30.9 Å². The maximum absolute atomic E-state index is 12.9. The van der Waals surface area contributed by atoms with Crippen LogP contribution in [0.4, 0.5) is 0 Å². The van der Waals surface area contributed by atoms with Crippen LogP contribution in [-0.4, -0.2) is 40.6 Å². The maximum Gasteiger partial charge on any atom is 0.239 e. The molecular weight excluding hydrogens is 314 g/mol. The van der Waals surface area contributed by atoms with E-state index in [0.717, 1.165) is 5.56 Å². The van der Waals surface area contributed by atoms with Gasteiger partial charge in [-0.25, -0.2) is 0 Å². The molecule has 5 heteroatoms. The fourth-order valence-electron chi connectivity index (χ4n) is 2.92. The lowest BCUT2D eigenvalue weighted by molar-refractivity contribution is -0.135. The van der Waals surface area contributed by atoms with Gasteiger partial charge in [-0.1, -0.05) is 26.0 Å². The molecule has 0 aliphatic carbocycles. The number of nitrogens with zero attached hydrogens (tertiary/aromatic N) is 2. The maximum atomic E-state index is 12.9. The van der Waals surface area contributed by atoms with Crippen molar-refractivity contribution >= 4 is 5.91 Å². The van der Waals surface area contributed by atoms with Crippen LogP contribution in [0.1, 0.15) is 58.7 Å². The minimum atomic E-state index is -1.06. The number of benzene rings is 1. The molecule has 25 heavy (non-hydrogen) atoms. The van der Waals surface area contributed by atoms with E-state index >= 15 is 0 Å². The van der Waals surface area contributed by atoms with Crippen LogP contribution in [0, 0.1) is 17.2 Å². The summed E-state index contributed by atoms with van der Waals surface area (Å²) in [6, 6.07) is 8.39. The average molecular weight is 345 g/mol. The molecule has 0 saturated heterocycles. The third-order valence-corrected chi connectivity index (χ3v) is 4.43. The molecule has 2 atom stereocenters. The van der Waals surface area contributed by atoms with Gasteiger partial charge in [0.1, 0.15) is 0 Å². The van der Waals surface area contributed by atoms with Crippen molar-refractivity contribution < 1.29 is 9.90 Å². The molecule has 0 heterocycles. The molecule has 0 bridgehead atoms. The van der Waals surface area contributed by atoms with Gasteiger partial charge in [0.15, 0.2) is 0 Å². The second-order valence-electron chi connectivity index (χ2n) is 7.22. The summed E-state index contributed by atoms with van der Waals surface area (Å²) >= 11 is 0. The van der Waals surface area contributed by atoms with Gasteiger partial charge >= 0.3 is 0 Å². The fraction of sp³-hybridized carbons (Fsp3) is 0.600. The highest BCUT2D eigenvalue weighted by Gasteiger charge is 2.35. The topological polar surface area (TPSA) is 76.4 Å². The summed E-state index contributed by atoms with van der Waals surface area (Å²) < 4.78 is 0. The Kier molecular flexibility index (Phi) is 7.60. The van der Waals surface area contributed by atoms with Gasteiger partial charge in [0.05, 0.1) is 29.3 Å². The monoisotopic (exact) mass is 345 g/mol. The first-order chi connectivity index (χ1) is 11.6. The van der Waals surface area contributed by atoms with E-state index < -0.39 is 17.7 Å². The lowest BCUT2D eigenvalue weighted by Gasteiger charge is -2.37. The lowest BCUT2D eigenvalue weighted by atomic mass is 9.89. The predicted octanol–water partition coefficient (Wildman–Crippen LogP) is 2.85. The molecule has 5 nitrogen and oxygen atoms in total. The molecule has 0 unspecified atom stereocenters. The van der Waals surface area contributed by atoms with Crippen LogP contribution in [0.2, 0.25) is 0 Å². The second-order valence-corrected chi connectivity index (χ2v) is 7.22. The van der Waals surface area contributed by atoms with E-state index in [-0.39, 0.29) is 11.8 Å². The van der Waals surface area contributed by atoms with Crippen LogP contribution in [0.5, 0.6) is 0 Å². The van der Waals surface area contributed by atoms with Crippen LogP contribution in [0.25, 0.3) is 0 Å². The SMILES string of the molecule is CCN(CC)C(=O)[C@@H](N[C@H](c1ccc(C#N)cc1)C(C)(C)O)C(C)C. The molecule has 0 fully saturated rings. The van der Waals surface area contributed by atoms with Gasteiger partial charge in [0, 0.05) is 13.1 Å². The van der Waals surface area contributed by atoms with E-state index in [4.69, 9.17) is 5.26 Å². The minimum absolute atomic E-state index is 0.0443.